The van der Waals surface area contributed by atoms with Gasteiger partial charge in [0.2, 0.25) is 0 Å². The Kier molecular flexibility index (Phi) is 7.72. The van der Waals surface area contributed by atoms with Gasteiger partial charge in [-0.25, -0.2) is 0 Å². The first-order valence-electron chi connectivity index (χ1n) is 10.5. The molecule has 1 aliphatic carbocycles. The van der Waals surface area contributed by atoms with Gasteiger partial charge < -0.3 is 9.16 Å². The number of allylic oxidation sites excluding steroid dienone is 1. The molecule has 2 fully saturated rings. The maximum absolute atomic E-state index is 12.2. The van der Waals surface area contributed by atoms with Crippen LogP contribution in [0.1, 0.15) is 66.2 Å². The summed E-state index contributed by atoms with van der Waals surface area (Å²) in [6.07, 6.45) is 5.79. The average Bonchev–Trinajstić information content (AvgIpc) is 3.21. The van der Waals surface area contributed by atoms with Gasteiger partial charge in [-0.1, -0.05) is 38.5 Å². The van der Waals surface area contributed by atoms with Crippen molar-refractivity contribution in [1.82, 2.24) is 0 Å². The molecule has 0 aromatic carbocycles. The molecule has 4 heteroatoms. The van der Waals surface area contributed by atoms with Gasteiger partial charge in [0, 0.05) is 11.8 Å². The fourth-order valence-corrected chi connectivity index (χ4v) is 7.66. The summed E-state index contributed by atoms with van der Waals surface area (Å²) in [7, 11) is -1.75. The van der Waals surface area contributed by atoms with E-state index in [1.54, 1.807) is 0 Å². The van der Waals surface area contributed by atoms with E-state index in [-0.39, 0.29) is 24.1 Å². The third-order valence-electron chi connectivity index (χ3n) is 6.69. The Balaban J connectivity index is 2.24. The first-order chi connectivity index (χ1) is 12.4. The van der Waals surface area contributed by atoms with Crippen LogP contribution in [0.4, 0.5) is 0 Å². The van der Waals surface area contributed by atoms with Crippen molar-refractivity contribution in [1.29, 1.82) is 0 Å². The lowest BCUT2D eigenvalue weighted by Gasteiger charge is -2.38. The molecule has 0 spiro atoms. The molecule has 0 bridgehead atoms. The van der Waals surface area contributed by atoms with E-state index in [2.05, 4.69) is 40.9 Å². The van der Waals surface area contributed by atoms with E-state index in [1.165, 1.54) is 17.6 Å². The molecule has 26 heavy (non-hydrogen) atoms. The Hall–Kier alpha value is -0.873. The van der Waals surface area contributed by atoms with E-state index in [0.29, 0.717) is 12.3 Å². The van der Waals surface area contributed by atoms with Gasteiger partial charge in [0.05, 0.1) is 12.5 Å². The minimum Gasteiger partial charge on any atom is -0.461 e. The fourth-order valence-electron chi connectivity index (χ4n) is 4.72. The molecule has 0 unspecified atom stereocenters. The smallest absolute Gasteiger partial charge is 0.306 e. The van der Waals surface area contributed by atoms with Crippen molar-refractivity contribution in [3.8, 4) is 0 Å². The standard InChI is InChI=1S/C22H38O3Si/c1-7-26(8-2,9-3)25-20(14-13-16(4)5)19-15-21(23)24-22(19)18-12-10-11-17(18)6/h18-20,22H,4,6-15H2,1-3,5H3/t18-,19+,20-,22+/m0/s1. The van der Waals surface area contributed by atoms with Crippen molar-refractivity contribution in [2.75, 3.05) is 0 Å². The lowest BCUT2D eigenvalue weighted by Crippen LogP contribution is -2.45. The first kappa shape index (κ1) is 21.4. The van der Waals surface area contributed by atoms with Crippen molar-refractivity contribution < 1.29 is 14.0 Å². The van der Waals surface area contributed by atoms with E-state index in [0.717, 1.165) is 43.8 Å². The van der Waals surface area contributed by atoms with Gasteiger partial charge in [-0.2, -0.15) is 0 Å². The summed E-state index contributed by atoms with van der Waals surface area (Å²) < 4.78 is 12.8. The molecule has 0 radical (unpaired) electrons. The van der Waals surface area contributed by atoms with E-state index < -0.39 is 8.32 Å². The second-order valence-electron chi connectivity index (χ2n) is 8.38. The summed E-state index contributed by atoms with van der Waals surface area (Å²) in [6, 6.07) is 3.39. The number of cyclic esters (lactones) is 1. The second kappa shape index (κ2) is 9.36. The van der Waals surface area contributed by atoms with Crippen LogP contribution in [0, 0.1) is 11.8 Å². The topological polar surface area (TPSA) is 35.5 Å². The molecule has 1 heterocycles. The Morgan fingerprint density at radius 3 is 2.46 bits per heavy atom. The molecule has 0 amide bonds. The highest BCUT2D eigenvalue weighted by Gasteiger charge is 2.47. The molecule has 2 aliphatic rings. The molecule has 2 rings (SSSR count). The van der Waals surface area contributed by atoms with Crippen LogP contribution in [0.3, 0.4) is 0 Å². The summed E-state index contributed by atoms with van der Waals surface area (Å²) in [5.74, 6) is 0.432. The van der Waals surface area contributed by atoms with Gasteiger partial charge in [-0.05, 0) is 57.2 Å². The number of hydrogen-bond acceptors (Lipinski definition) is 3. The Morgan fingerprint density at radius 1 is 1.31 bits per heavy atom. The first-order valence-corrected chi connectivity index (χ1v) is 13.1. The molecule has 148 valence electrons. The van der Waals surface area contributed by atoms with E-state index in [9.17, 15) is 4.79 Å². The van der Waals surface area contributed by atoms with Crippen LogP contribution in [0.15, 0.2) is 24.3 Å². The second-order valence-corrected chi connectivity index (χ2v) is 13.1. The molecule has 1 saturated heterocycles. The minimum atomic E-state index is -1.75. The van der Waals surface area contributed by atoms with Gasteiger partial charge in [0.25, 0.3) is 0 Å². The molecule has 3 nitrogen and oxygen atoms in total. The highest BCUT2D eigenvalue weighted by molar-refractivity contribution is 6.73. The van der Waals surface area contributed by atoms with Crippen LogP contribution in [0.2, 0.25) is 18.1 Å². The van der Waals surface area contributed by atoms with Gasteiger partial charge in [-0.3, -0.25) is 4.79 Å². The average molecular weight is 379 g/mol. The summed E-state index contributed by atoms with van der Waals surface area (Å²) in [4.78, 5) is 12.2. The number of carbonyl (C=O) groups is 1. The molecular formula is C22H38O3Si. The zero-order valence-corrected chi connectivity index (χ0v) is 18.3. The molecule has 0 N–H and O–H groups in total. The number of carbonyl (C=O) groups excluding carboxylic acids is 1. The van der Waals surface area contributed by atoms with Crippen LogP contribution in [-0.4, -0.2) is 26.5 Å². The molecule has 0 aromatic heterocycles. The van der Waals surface area contributed by atoms with E-state index >= 15 is 0 Å². The fraction of sp³-hybridized carbons (Fsp3) is 0.773. The Labute approximate surface area is 161 Å². The summed E-state index contributed by atoms with van der Waals surface area (Å²) in [5.41, 5.74) is 2.45. The summed E-state index contributed by atoms with van der Waals surface area (Å²) in [6.45, 7) is 17.2. The predicted octanol–water partition coefficient (Wildman–Crippen LogP) is 6.02. The third kappa shape index (κ3) is 4.89. The maximum atomic E-state index is 12.2. The number of ether oxygens (including phenoxy) is 1. The number of esters is 1. The van der Waals surface area contributed by atoms with Gasteiger partial charge in [0.1, 0.15) is 6.10 Å². The summed E-state index contributed by atoms with van der Waals surface area (Å²) >= 11 is 0. The van der Waals surface area contributed by atoms with Crippen molar-refractivity contribution in [3.63, 3.8) is 0 Å². The SMILES string of the molecule is C=C(C)CC[C@H](O[Si](CC)(CC)CC)[C@H]1CC(=O)O[C@@H]1[C@H]1CCCC1=C. The van der Waals surface area contributed by atoms with Crippen molar-refractivity contribution >= 4 is 14.3 Å². The van der Waals surface area contributed by atoms with Crippen LogP contribution in [0.25, 0.3) is 0 Å². The Bertz CT molecular complexity index is 515. The molecule has 4 atom stereocenters. The number of rotatable bonds is 10. The van der Waals surface area contributed by atoms with Crippen LogP contribution in [0.5, 0.6) is 0 Å². The number of hydrogen-bond donors (Lipinski definition) is 0. The van der Waals surface area contributed by atoms with E-state index in [1.807, 2.05) is 0 Å². The largest absolute Gasteiger partial charge is 0.461 e. The maximum Gasteiger partial charge on any atom is 0.306 e. The predicted molar refractivity (Wildman–Crippen MR) is 111 cm³/mol. The molecule has 1 saturated carbocycles. The lowest BCUT2D eigenvalue weighted by atomic mass is 9.82. The van der Waals surface area contributed by atoms with Crippen molar-refractivity contribution in [2.24, 2.45) is 11.8 Å². The van der Waals surface area contributed by atoms with Crippen LogP contribution < -0.4 is 0 Å². The molecular weight excluding hydrogens is 340 g/mol. The zero-order valence-electron chi connectivity index (χ0n) is 17.3. The Morgan fingerprint density at radius 2 is 1.96 bits per heavy atom. The summed E-state index contributed by atoms with van der Waals surface area (Å²) in [5, 5.41) is 0. The molecule has 0 aromatic rings. The zero-order chi connectivity index (χ0) is 19.3. The van der Waals surface area contributed by atoms with Crippen LogP contribution in [-0.2, 0) is 14.0 Å². The third-order valence-corrected chi connectivity index (χ3v) is 11.4. The van der Waals surface area contributed by atoms with Gasteiger partial charge >= 0.3 is 5.97 Å². The molecule has 1 aliphatic heterocycles. The van der Waals surface area contributed by atoms with Crippen LogP contribution >= 0.6 is 0 Å². The van der Waals surface area contributed by atoms with E-state index in [4.69, 9.17) is 9.16 Å². The quantitative estimate of drug-likeness (QED) is 0.265. The normalized spacial score (nSPS) is 27.6. The lowest BCUT2D eigenvalue weighted by molar-refractivity contribution is -0.143. The minimum absolute atomic E-state index is 0.0371. The highest BCUT2D eigenvalue weighted by atomic mass is 28.4. The van der Waals surface area contributed by atoms with Gasteiger partial charge in [-0.15, -0.1) is 6.58 Å². The monoisotopic (exact) mass is 378 g/mol. The van der Waals surface area contributed by atoms with Gasteiger partial charge in [0.15, 0.2) is 8.32 Å². The van der Waals surface area contributed by atoms with Crippen molar-refractivity contribution in [2.45, 2.75) is 96.6 Å². The van der Waals surface area contributed by atoms with Crippen molar-refractivity contribution in [3.05, 3.63) is 24.3 Å². The highest BCUT2D eigenvalue weighted by Crippen LogP contribution is 2.43.